The number of rotatable bonds is 6. The fourth-order valence-corrected chi connectivity index (χ4v) is 2.63. The predicted octanol–water partition coefficient (Wildman–Crippen LogP) is 4.14. The highest BCUT2D eigenvalue weighted by Gasteiger charge is 2.15. The Hall–Kier alpha value is -0.820. The molecule has 0 aliphatic rings. The van der Waals surface area contributed by atoms with Gasteiger partial charge in [-0.25, -0.2) is 0 Å². The molecule has 0 fully saturated rings. The van der Waals surface area contributed by atoms with Gasteiger partial charge in [-0.3, -0.25) is 0 Å². The normalized spacial score (nSPS) is 14.9. The number of aryl methyl sites for hydroxylation is 1. The number of aliphatic hydroxyl groups excluding tert-OH is 1. The lowest BCUT2D eigenvalue weighted by molar-refractivity contribution is 0.239. The Morgan fingerprint density at radius 2 is 1.82 bits per heavy atom. The van der Waals surface area contributed by atoms with Crippen molar-refractivity contribution < 1.29 is 5.11 Å². The van der Waals surface area contributed by atoms with E-state index < -0.39 is 0 Å². The van der Waals surface area contributed by atoms with Gasteiger partial charge in [0, 0.05) is 12.5 Å². The van der Waals surface area contributed by atoms with E-state index in [2.05, 4.69) is 52.0 Å². The lowest BCUT2D eigenvalue weighted by atomic mass is 9.86. The van der Waals surface area contributed by atoms with Gasteiger partial charge in [0.15, 0.2) is 0 Å². The van der Waals surface area contributed by atoms with Crippen molar-refractivity contribution in [1.29, 1.82) is 0 Å². The van der Waals surface area contributed by atoms with Crippen LogP contribution >= 0.6 is 0 Å². The maximum absolute atomic E-state index is 9.55. The standard InChI is InChI=1S/C16H26O/c1-12(2)8-14(4)10-16(11-17)15-7-5-6-13(3)9-15/h5-7,9,12,14,16-17H,8,10-11H2,1-4H3. The van der Waals surface area contributed by atoms with Crippen LogP contribution in [0.15, 0.2) is 24.3 Å². The largest absolute Gasteiger partial charge is 0.396 e. The van der Waals surface area contributed by atoms with E-state index in [0.29, 0.717) is 11.8 Å². The first kappa shape index (κ1) is 14.2. The predicted molar refractivity (Wildman–Crippen MR) is 74.2 cm³/mol. The minimum atomic E-state index is 0.256. The topological polar surface area (TPSA) is 20.2 Å². The Labute approximate surface area is 106 Å². The van der Waals surface area contributed by atoms with Crippen molar-refractivity contribution in [2.24, 2.45) is 11.8 Å². The van der Waals surface area contributed by atoms with Crippen LogP contribution in [0.4, 0.5) is 0 Å². The van der Waals surface area contributed by atoms with Gasteiger partial charge in [0.1, 0.15) is 0 Å². The maximum Gasteiger partial charge on any atom is 0.0499 e. The van der Waals surface area contributed by atoms with Crippen molar-refractivity contribution in [3.05, 3.63) is 35.4 Å². The molecule has 1 aromatic rings. The van der Waals surface area contributed by atoms with Crippen LogP contribution in [-0.2, 0) is 0 Å². The van der Waals surface area contributed by atoms with Gasteiger partial charge in [0.25, 0.3) is 0 Å². The summed E-state index contributed by atoms with van der Waals surface area (Å²) >= 11 is 0. The van der Waals surface area contributed by atoms with Crippen molar-refractivity contribution in [2.75, 3.05) is 6.61 Å². The lowest BCUT2D eigenvalue weighted by Crippen LogP contribution is -2.11. The molecule has 0 heterocycles. The maximum atomic E-state index is 9.55. The van der Waals surface area contributed by atoms with E-state index in [4.69, 9.17) is 0 Å². The molecule has 1 N–H and O–H groups in total. The van der Waals surface area contributed by atoms with Crippen LogP contribution in [0.2, 0.25) is 0 Å². The molecule has 1 rings (SSSR count). The van der Waals surface area contributed by atoms with E-state index in [9.17, 15) is 5.11 Å². The summed E-state index contributed by atoms with van der Waals surface area (Å²) in [4.78, 5) is 0. The van der Waals surface area contributed by atoms with Crippen molar-refractivity contribution in [3.8, 4) is 0 Å². The summed E-state index contributed by atoms with van der Waals surface area (Å²) in [6, 6.07) is 8.52. The smallest absolute Gasteiger partial charge is 0.0499 e. The van der Waals surface area contributed by atoms with Crippen molar-refractivity contribution >= 4 is 0 Å². The summed E-state index contributed by atoms with van der Waals surface area (Å²) in [6.45, 7) is 9.17. The van der Waals surface area contributed by atoms with Crippen LogP contribution in [0.25, 0.3) is 0 Å². The SMILES string of the molecule is Cc1cccc(C(CO)CC(C)CC(C)C)c1. The van der Waals surface area contributed by atoms with Gasteiger partial charge in [-0.2, -0.15) is 0 Å². The van der Waals surface area contributed by atoms with Crippen LogP contribution in [0.3, 0.4) is 0 Å². The van der Waals surface area contributed by atoms with Crippen LogP contribution < -0.4 is 0 Å². The highest BCUT2D eigenvalue weighted by molar-refractivity contribution is 5.25. The third-order valence-electron chi connectivity index (χ3n) is 3.29. The number of hydrogen-bond acceptors (Lipinski definition) is 1. The van der Waals surface area contributed by atoms with Crippen LogP contribution in [0.1, 0.15) is 50.7 Å². The van der Waals surface area contributed by atoms with E-state index in [1.165, 1.54) is 17.5 Å². The summed E-state index contributed by atoms with van der Waals surface area (Å²) in [6.07, 6.45) is 2.32. The average Bonchev–Trinajstić information content (AvgIpc) is 2.24. The second kappa shape index (κ2) is 6.80. The van der Waals surface area contributed by atoms with Crippen LogP contribution in [-0.4, -0.2) is 11.7 Å². The molecule has 0 bridgehead atoms. The molecule has 96 valence electrons. The molecule has 1 heteroatoms. The Morgan fingerprint density at radius 3 is 2.35 bits per heavy atom. The fraction of sp³-hybridized carbons (Fsp3) is 0.625. The van der Waals surface area contributed by atoms with Gasteiger partial charge >= 0.3 is 0 Å². The molecule has 0 aliphatic carbocycles. The number of benzene rings is 1. The first-order valence-corrected chi connectivity index (χ1v) is 6.70. The average molecular weight is 234 g/mol. The molecule has 17 heavy (non-hydrogen) atoms. The van der Waals surface area contributed by atoms with Crippen molar-refractivity contribution in [2.45, 2.75) is 46.5 Å². The zero-order valence-corrected chi connectivity index (χ0v) is 11.6. The Kier molecular flexibility index (Phi) is 5.70. The minimum absolute atomic E-state index is 0.256. The molecule has 0 saturated carbocycles. The van der Waals surface area contributed by atoms with Gasteiger partial charge in [-0.15, -0.1) is 0 Å². The molecule has 0 saturated heterocycles. The molecule has 2 atom stereocenters. The van der Waals surface area contributed by atoms with E-state index in [-0.39, 0.29) is 6.61 Å². The molecule has 0 aliphatic heterocycles. The summed E-state index contributed by atoms with van der Waals surface area (Å²) in [5.41, 5.74) is 2.56. The lowest BCUT2D eigenvalue weighted by Gasteiger charge is -2.21. The van der Waals surface area contributed by atoms with E-state index in [0.717, 1.165) is 12.3 Å². The second-order valence-corrected chi connectivity index (χ2v) is 5.76. The molecule has 0 amide bonds. The summed E-state index contributed by atoms with van der Waals surface area (Å²) in [7, 11) is 0. The molecule has 1 aromatic carbocycles. The molecule has 0 aromatic heterocycles. The van der Waals surface area contributed by atoms with Crippen LogP contribution in [0, 0.1) is 18.8 Å². The summed E-state index contributed by atoms with van der Waals surface area (Å²) in [5, 5.41) is 9.55. The monoisotopic (exact) mass is 234 g/mol. The van der Waals surface area contributed by atoms with Gasteiger partial charge in [0.2, 0.25) is 0 Å². The number of hydrogen-bond donors (Lipinski definition) is 1. The number of aliphatic hydroxyl groups is 1. The zero-order chi connectivity index (χ0) is 12.8. The molecular formula is C16H26O. The third kappa shape index (κ3) is 4.91. The fourth-order valence-electron chi connectivity index (χ4n) is 2.63. The summed E-state index contributed by atoms with van der Waals surface area (Å²) < 4.78 is 0. The van der Waals surface area contributed by atoms with Gasteiger partial charge in [-0.05, 0) is 37.2 Å². The first-order chi connectivity index (χ1) is 8.02. The highest BCUT2D eigenvalue weighted by Crippen LogP contribution is 2.27. The molecule has 0 radical (unpaired) electrons. The van der Waals surface area contributed by atoms with Gasteiger partial charge in [0.05, 0.1) is 0 Å². The third-order valence-corrected chi connectivity index (χ3v) is 3.29. The van der Waals surface area contributed by atoms with Gasteiger partial charge < -0.3 is 5.11 Å². The van der Waals surface area contributed by atoms with Crippen molar-refractivity contribution in [1.82, 2.24) is 0 Å². The van der Waals surface area contributed by atoms with Gasteiger partial charge in [-0.1, -0.05) is 50.6 Å². The molecular weight excluding hydrogens is 208 g/mol. The minimum Gasteiger partial charge on any atom is -0.396 e. The van der Waals surface area contributed by atoms with E-state index in [1.807, 2.05) is 0 Å². The summed E-state index contributed by atoms with van der Waals surface area (Å²) in [5.74, 6) is 1.71. The molecule has 1 nitrogen and oxygen atoms in total. The van der Waals surface area contributed by atoms with E-state index >= 15 is 0 Å². The van der Waals surface area contributed by atoms with E-state index in [1.54, 1.807) is 0 Å². The Bertz CT molecular complexity index is 330. The quantitative estimate of drug-likeness (QED) is 0.784. The van der Waals surface area contributed by atoms with Crippen LogP contribution in [0.5, 0.6) is 0 Å². The Morgan fingerprint density at radius 1 is 1.12 bits per heavy atom. The molecule has 0 spiro atoms. The first-order valence-electron chi connectivity index (χ1n) is 6.70. The van der Waals surface area contributed by atoms with Crippen molar-refractivity contribution in [3.63, 3.8) is 0 Å². The molecule has 2 unspecified atom stereocenters. The Balaban J connectivity index is 2.65. The highest BCUT2D eigenvalue weighted by atomic mass is 16.3. The second-order valence-electron chi connectivity index (χ2n) is 5.76. The zero-order valence-electron chi connectivity index (χ0n) is 11.6.